The van der Waals surface area contributed by atoms with Gasteiger partial charge >= 0.3 is 0 Å². The number of carbonyl (C=O) groups is 2. The lowest BCUT2D eigenvalue weighted by Crippen LogP contribution is -2.52. The monoisotopic (exact) mass is 571 g/mol. The second-order valence-electron chi connectivity index (χ2n) is 13.3. The van der Waals surface area contributed by atoms with Crippen LogP contribution in [0.15, 0.2) is 66.2 Å². The third-order valence-electron chi connectivity index (χ3n) is 10.8. The van der Waals surface area contributed by atoms with Crippen molar-refractivity contribution in [1.29, 1.82) is 0 Å². The van der Waals surface area contributed by atoms with Gasteiger partial charge in [-0.3, -0.25) is 14.5 Å². The third kappa shape index (κ3) is 5.48. The summed E-state index contributed by atoms with van der Waals surface area (Å²) < 4.78 is 0. The molecule has 2 amide bonds. The highest BCUT2D eigenvalue weighted by Crippen LogP contribution is 2.47. The molecule has 5 nitrogen and oxygen atoms in total. The van der Waals surface area contributed by atoms with E-state index >= 15 is 0 Å². The van der Waals surface area contributed by atoms with E-state index in [1.54, 1.807) is 5.57 Å². The predicted octanol–water partition coefficient (Wildman–Crippen LogP) is 6.29. The molecular weight excluding hydrogens is 530 g/mol. The van der Waals surface area contributed by atoms with Gasteiger partial charge in [-0.1, -0.05) is 65.7 Å². The lowest BCUT2D eigenvalue weighted by Gasteiger charge is -2.46. The number of hydrogen-bond donors (Lipinski definition) is 0. The van der Waals surface area contributed by atoms with Gasteiger partial charge in [0.25, 0.3) is 0 Å². The summed E-state index contributed by atoms with van der Waals surface area (Å²) in [5.41, 5.74) is 3.84. The van der Waals surface area contributed by atoms with E-state index in [0.29, 0.717) is 42.2 Å². The van der Waals surface area contributed by atoms with Crippen LogP contribution in [0.1, 0.15) is 68.4 Å². The normalized spacial score (nSPS) is 26.8. The highest BCUT2D eigenvalue weighted by molar-refractivity contribution is 6.30. The van der Waals surface area contributed by atoms with Gasteiger partial charge in [-0.2, -0.15) is 0 Å². The van der Waals surface area contributed by atoms with Gasteiger partial charge in [0.2, 0.25) is 11.8 Å². The molecule has 41 heavy (non-hydrogen) atoms. The van der Waals surface area contributed by atoms with Gasteiger partial charge in [-0.15, -0.1) is 0 Å². The fraction of sp³-hybridized carbons (Fsp3) is 0.543. The van der Waals surface area contributed by atoms with Crippen molar-refractivity contribution in [3.05, 3.63) is 82.4 Å². The SMILES string of the molecule is O=C(CC1CC1)N1CC(c2ccccc2)[C@@H](C(C2=CCC2)N2CCC3(CCN(Cc4ccc(Cl)cc4)C3=O)CC2)C1. The molecule has 2 aliphatic carbocycles. The number of halogens is 1. The van der Waals surface area contributed by atoms with E-state index in [4.69, 9.17) is 11.6 Å². The van der Waals surface area contributed by atoms with E-state index in [9.17, 15) is 9.59 Å². The lowest BCUT2D eigenvalue weighted by molar-refractivity contribution is -0.139. The zero-order valence-electron chi connectivity index (χ0n) is 24.0. The van der Waals surface area contributed by atoms with Crippen LogP contribution >= 0.6 is 11.6 Å². The predicted molar refractivity (Wildman–Crippen MR) is 162 cm³/mol. The van der Waals surface area contributed by atoms with Crippen molar-refractivity contribution in [2.75, 3.05) is 32.7 Å². The molecule has 216 valence electrons. The van der Waals surface area contributed by atoms with Crippen LogP contribution in [-0.4, -0.2) is 65.3 Å². The van der Waals surface area contributed by atoms with E-state index in [-0.39, 0.29) is 5.41 Å². The number of piperidine rings is 1. The van der Waals surface area contributed by atoms with Crippen molar-refractivity contribution in [2.24, 2.45) is 17.3 Å². The Morgan fingerprint density at radius 2 is 1.66 bits per heavy atom. The third-order valence-corrected chi connectivity index (χ3v) is 11.0. The molecule has 6 heteroatoms. The molecule has 2 unspecified atom stereocenters. The molecule has 3 atom stereocenters. The van der Waals surface area contributed by atoms with Gasteiger partial charge < -0.3 is 9.80 Å². The number of rotatable bonds is 8. The molecule has 2 aromatic rings. The largest absolute Gasteiger partial charge is 0.342 e. The lowest BCUT2D eigenvalue weighted by atomic mass is 9.73. The van der Waals surface area contributed by atoms with Crippen molar-refractivity contribution in [1.82, 2.24) is 14.7 Å². The highest BCUT2D eigenvalue weighted by Gasteiger charge is 2.51. The Hall–Kier alpha value is -2.63. The van der Waals surface area contributed by atoms with Crippen LogP contribution in [0.25, 0.3) is 0 Å². The first-order valence-electron chi connectivity index (χ1n) is 15.8. The standard InChI is InChI=1S/C35H42ClN3O2/c36-29-13-11-26(12-14-29)22-38-20-17-35(34(38)41)15-18-37(19-16-35)33(28-7-4-8-28)31-24-39(32(40)21-25-9-10-25)23-30(31)27-5-2-1-3-6-27/h1-3,5-7,11-14,25,30-31,33H,4,8-10,15-24H2/t30?,31-,33?/m0/s1. The molecule has 5 aliphatic rings. The molecule has 3 saturated heterocycles. The number of benzene rings is 2. The van der Waals surface area contributed by atoms with Crippen LogP contribution in [-0.2, 0) is 16.1 Å². The smallest absolute Gasteiger partial charge is 0.229 e. The summed E-state index contributed by atoms with van der Waals surface area (Å²) in [5.74, 6) is 2.05. The Labute approximate surface area is 249 Å². The Kier molecular flexibility index (Phi) is 7.45. The average molecular weight is 572 g/mol. The van der Waals surface area contributed by atoms with Crippen LogP contribution in [0.3, 0.4) is 0 Å². The topological polar surface area (TPSA) is 43.9 Å². The van der Waals surface area contributed by atoms with Crippen molar-refractivity contribution < 1.29 is 9.59 Å². The highest BCUT2D eigenvalue weighted by atomic mass is 35.5. The number of amides is 2. The number of nitrogens with zero attached hydrogens (tertiary/aromatic N) is 3. The Morgan fingerprint density at radius 3 is 2.32 bits per heavy atom. The van der Waals surface area contributed by atoms with E-state index in [1.165, 1.54) is 18.4 Å². The maximum atomic E-state index is 13.8. The van der Waals surface area contributed by atoms with Gasteiger partial charge in [0.1, 0.15) is 0 Å². The van der Waals surface area contributed by atoms with Gasteiger partial charge in [-0.25, -0.2) is 0 Å². The molecule has 3 heterocycles. The van der Waals surface area contributed by atoms with Gasteiger partial charge in [0.15, 0.2) is 0 Å². The quantitative estimate of drug-likeness (QED) is 0.350. The first kappa shape index (κ1) is 27.2. The average Bonchev–Trinajstić information content (AvgIpc) is 3.60. The zero-order chi connectivity index (χ0) is 28.0. The van der Waals surface area contributed by atoms with Gasteiger partial charge in [0.05, 0.1) is 5.41 Å². The number of carbonyl (C=O) groups excluding carboxylic acids is 2. The Bertz CT molecular complexity index is 1300. The van der Waals surface area contributed by atoms with Crippen LogP contribution in [0.4, 0.5) is 0 Å². The molecule has 0 N–H and O–H groups in total. The van der Waals surface area contributed by atoms with Crippen LogP contribution in [0.5, 0.6) is 0 Å². The number of allylic oxidation sites excluding steroid dienone is 1. The molecule has 1 spiro atoms. The minimum Gasteiger partial charge on any atom is -0.342 e. The van der Waals surface area contributed by atoms with E-state index < -0.39 is 0 Å². The summed E-state index contributed by atoms with van der Waals surface area (Å²) in [5, 5.41) is 0.730. The summed E-state index contributed by atoms with van der Waals surface area (Å²) in [4.78, 5) is 34.0. The Balaban J connectivity index is 1.08. The first-order valence-corrected chi connectivity index (χ1v) is 16.2. The molecular formula is C35H42ClN3O2. The summed E-state index contributed by atoms with van der Waals surface area (Å²) in [7, 11) is 0. The fourth-order valence-corrected chi connectivity index (χ4v) is 8.14. The van der Waals surface area contributed by atoms with Crippen molar-refractivity contribution in [2.45, 2.75) is 69.9 Å². The Morgan fingerprint density at radius 1 is 0.951 bits per heavy atom. The molecule has 4 fully saturated rings. The zero-order valence-corrected chi connectivity index (χ0v) is 24.8. The number of likely N-dealkylation sites (tertiary alicyclic amines) is 3. The molecule has 1 saturated carbocycles. The fourth-order valence-electron chi connectivity index (χ4n) is 8.01. The molecule has 7 rings (SSSR count). The molecule has 0 radical (unpaired) electrons. The summed E-state index contributed by atoms with van der Waals surface area (Å²) in [6.45, 7) is 5.10. The summed E-state index contributed by atoms with van der Waals surface area (Å²) in [6.07, 6.45) is 10.7. The van der Waals surface area contributed by atoms with E-state index in [2.05, 4.69) is 51.1 Å². The van der Waals surface area contributed by atoms with Gasteiger partial charge in [0, 0.05) is 55.5 Å². The molecule has 2 aromatic carbocycles. The maximum Gasteiger partial charge on any atom is 0.229 e. The maximum absolute atomic E-state index is 13.8. The van der Waals surface area contributed by atoms with E-state index in [1.807, 2.05) is 24.3 Å². The van der Waals surface area contributed by atoms with Crippen molar-refractivity contribution in [3.63, 3.8) is 0 Å². The van der Waals surface area contributed by atoms with Gasteiger partial charge in [-0.05, 0) is 87.2 Å². The van der Waals surface area contributed by atoms with Crippen molar-refractivity contribution >= 4 is 23.4 Å². The molecule has 0 aromatic heterocycles. The number of hydrogen-bond acceptors (Lipinski definition) is 3. The minimum absolute atomic E-state index is 0.220. The molecule has 3 aliphatic heterocycles. The first-order chi connectivity index (χ1) is 20.0. The summed E-state index contributed by atoms with van der Waals surface area (Å²) in [6, 6.07) is 19.1. The minimum atomic E-state index is -0.220. The van der Waals surface area contributed by atoms with Crippen molar-refractivity contribution in [3.8, 4) is 0 Å². The second-order valence-corrected chi connectivity index (χ2v) is 13.7. The van der Waals surface area contributed by atoms with Crippen LogP contribution in [0, 0.1) is 17.3 Å². The summed E-state index contributed by atoms with van der Waals surface area (Å²) >= 11 is 6.08. The molecule has 0 bridgehead atoms. The van der Waals surface area contributed by atoms with Crippen LogP contribution < -0.4 is 0 Å². The second kappa shape index (κ2) is 11.2. The van der Waals surface area contributed by atoms with Crippen LogP contribution in [0.2, 0.25) is 5.02 Å². The van der Waals surface area contributed by atoms with E-state index in [0.717, 1.165) is 81.8 Å².